The van der Waals surface area contributed by atoms with Gasteiger partial charge in [0.25, 0.3) is 0 Å². The molecule has 8 amide bonds. The van der Waals surface area contributed by atoms with Gasteiger partial charge in [0.15, 0.2) is 0 Å². The summed E-state index contributed by atoms with van der Waals surface area (Å²) in [5.74, 6) is -5.20. The van der Waals surface area contributed by atoms with Gasteiger partial charge in [-0.3, -0.25) is 38.4 Å². The number of unbranched alkanes of at least 4 members (excludes halogenated alkanes) is 9. The number of carbonyl (C=O) groups is 9. The summed E-state index contributed by atoms with van der Waals surface area (Å²) < 4.78 is 0. The number of hydrogen-bond donors (Lipinski definition) is 18. The van der Waals surface area contributed by atoms with Crippen LogP contribution in [0.3, 0.4) is 0 Å². The molecule has 0 aromatic heterocycles. The Labute approximate surface area is 481 Å². The summed E-state index contributed by atoms with van der Waals surface area (Å²) in [5.41, 5.74) is 58.0. The highest BCUT2D eigenvalue weighted by Crippen LogP contribution is 2.13. The normalized spacial score (nSPS) is 14.6. The lowest BCUT2D eigenvalue weighted by Gasteiger charge is -2.28. The van der Waals surface area contributed by atoms with E-state index in [0.717, 1.165) is 0 Å². The molecule has 0 radical (unpaired) electrons. The molecule has 81 heavy (non-hydrogen) atoms. The summed E-state index contributed by atoms with van der Waals surface area (Å²) in [6.07, 6.45) is 11.6. The van der Waals surface area contributed by atoms with Crippen LogP contribution in [0.5, 0.6) is 0 Å². The van der Waals surface area contributed by atoms with Gasteiger partial charge in [-0.25, -0.2) is 0 Å². The van der Waals surface area contributed by atoms with E-state index in [0.29, 0.717) is 187 Å². The van der Waals surface area contributed by atoms with Crippen molar-refractivity contribution in [2.45, 2.75) is 228 Å². The SMILES string of the molecule is NCCCC[C@@H](C=O)NC(=O)[C@H](CCCCN)NC(=O)[C@H](CCCCN)NC(=O)[C@H](CCCCN)NC(=O)[C@H](CCCCN)NC(=O)[C@H](CCCCN)NC(=O)[C@H](CCCCN)NC(=O)[C@H](CCCCN)NC(=O)[C@@H](N)CCCCN. The molecule has 0 aliphatic rings. The van der Waals surface area contributed by atoms with Gasteiger partial charge >= 0.3 is 0 Å². The summed E-state index contributed by atoms with van der Waals surface area (Å²) >= 11 is 0. The molecule has 0 spiro atoms. The molecular formula is C54H110N18O9. The molecule has 0 fully saturated rings. The Bertz CT molecular complexity index is 1760. The molecule has 0 aliphatic carbocycles. The number of aldehydes is 1. The maximum Gasteiger partial charge on any atom is 0.243 e. The van der Waals surface area contributed by atoms with Gasteiger partial charge in [-0.05, 0) is 226 Å². The van der Waals surface area contributed by atoms with E-state index in [9.17, 15) is 43.2 Å². The quantitative estimate of drug-likeness (QED) is 0.0208. The van der Waals surface area contributed by atoms with E-state index in [1.165, 1.54) is 0 Å². The van der Waals surface area contributed by atoms with Crippen LogP contribution >= 0.6 is 0 Å². The average Bonchev–Trinajstić information content (AvgIpc) is 3.45. The van der Waals surface area contributed by atoms with Crippen LogP contribution in [0.25, 0.3) is 0 Å². The van der Waals surface area contributed by atoms with Gasteiger partial charge in [0, 0.05) is 0 Å². The molecule has 9 atom stereocenters. The Kier molecular flexibility index (Phi) is 46.6. The van der Waals surface area contributed by atoms with Crippen molar-refractivity contribution in [3.05, 3.63) is 0 Å². The van der Waals surface area contributed by atoms with Crippen molar-refractivity contribution in [1.29, 1.82) is 0 Å². The molecule has 0 saturated heterocycles. The highest BCUT2D eigenvalue weighted by molar-refractivity contribution is 5.98. The Morgan fingerprint density at radius 3 is 0.617 bits per heavy atom. The van der Waals surface area contributed by atoms with Crippen LogP contribution in [-0.4, -0.2) is 167 Å². The van der Waals surface area contributed by atoms with E-state index in [-0.39, 0.29) is 51.5 Å². The van der Waals surface area contributed by atoms with E-state index >= 15 is 0 Å². The first-order chi connectivity index (χ1) is 39.0. The van der Waals surface area contributed by atoms with Gasteiger partial charge in [0.2, 0.25) is 47.3 Å². The third kappa shape index (κ3) is 35.6. The highest BCUT2D eigenvalue weighted by Gasteiger charge is 2.34. The number of carbonyl (C=O) groups excluding carboxylic acids is 9. The number of nitrogens with two attached hydrogens (primary N) is 10. The second kappa shape index (κ2) is 49.6. The lowest BCUT2D eigenvalue weighted by atomic mass is 10.0. The maximum atomic E-state index is 14.5. The first-order valence-corrected chi connectivity index (χ1v) is 30.0. The van der Waals surface area contributed by atoms with Gasteiger partial charge in [-0.1, -0.05) is 6.42 Å². The highest BCUT2D eigenvalue weighted by atomic mass is 16.2. The average molecular weight is 1160 g/mol. The zero-order valence-electron chi connectivity index (χ0n) is 48.7. The first-order valence-electron chi connectivity index (χ1n) is 30.0. The minimum atomic E-state index is -1.23. The predicted molar refractivity (Wildman–Crippen MR) is 316 cm³/mol. The molecule has 27 nitrogen and oxygen atoms in total. The summed E-state index contributed by atoms with van der Waals surface area (Å²) in [6, 6.07) is -9.81. The van der Waals surface area contributed by atoms with Crippen molar-refractivity contribution in [3.63, 3.8) is 0 Å². The van der Waals surface area contributed by atoms with Gasteiger partial charge < -0.3 is 105 Å². The van der Waals surface area contributed by atoms with E-state index in [1.54, 1.807) is 0 Å². The molecule has 0 aromatic rings. The van der Waals surface area contributed by atoms with Crippen molar-refractivity contribution in [1.82, 2.24) is 42.5 Å². The van der Waals surface area contributed by atoms with E-state index in [2.05, 4.69) is 42.5 Å². The molecule has 0 aromatic carbocycles. The van der Waals surface area contributed by atoms with Crippen molar-refractivity contribution in [2.24, 2.45) is 57.3 Å². The van der Waals surface area contributed by atoms with Gasteiger partial charge in [-0.2, -0.15) is 0 Å². The van der Waals surface area contributed by atoms with Gasteiger partial charge in [0.1, 0.15) is 48.6 Å². The molecular weight excluding hydrogens is 1040 g/mol. The summed E-state index contributed by atoms with van der Waals surface area (Å²) in [4.78, 5) is 124. The lowest BCUT2D eigenvalue weighted by Crippen LogP contribution is -2.60. The molecule has 0 unspecified atom stereocenters. The fourth-order valence-electron chi connectivity index (χ4n) is 8.85. The van der Waals surface area contributed by atoms with Crippen molar-refractivity contribution < 1.29 is 43.2 Å². The van der Waals surface area contributed by atoms with Crippen molar-refractivity contribution >= 4 is 53.5 Å². The third-order valence-electron chi connectivity index (χ3n) is 13.8. The third-order valence-corrected chi connectivity index (χ3v) is 13.8. The van der Waals surface area contributed by atoms with Crippen LogP contribution in [0.2, 0.25) is 0 Å². The van der Waals surface area contributed by atoms with E-state index in [1.807, 2.05) is 0 Å². The van der Waals surface area contributed by atoms with Crippen LogP contribution in [0.4, 0.5) is 0 Å². The minimum absolute atomic E-state index is 0.0940. The second-order valence-corrected chi connectivity index (χ2v) is 20.8. The second-order valence-electron chi connectivity index (χ2n) is 20.8. The summed E-state index contributed by atoms with van der Waals surface area (Å²) in [7, 11) is 0. The van der Waals surface area contributed by atoms with Crippen molar-refractivity contribution in [3.8, 4) is 0 Å². The van der Waals surface area contributed by atoms with Crippen LogP contribution in [0, 0.1) is 0 Å². The lowest BCUT2D eigenvalue weighted by molar-refractivity contribution is -0.136. The molecule has 0 saturated carbocycles. The van der Waals surface area contributed by atoms with Crippen LogP contribution in [-0.2, 0) is 43.2 Å². The fourth-order valence-corrected chi connectivity index (χ4v) is 8.85. The molecule has 27 heteroatoms. The molecule has 0 rings (SSSR count). The van der Waals surface area contributed by atoms with E-state index < -0.39 is 102 Å². The predicted octanol–water partition coefficient (Wildman–Crippen LogP) is -3.45. The number of nitrogens with one attached hydrogen (secondary N) is 8. The van der Waals surface area contributed by atoms with Crippen LogP contribution in [0.1, 0.15) is 173 Å². The van der Waals surface area contributed by atoms with E-state index in [4.69, 9.17) is 57.3 Å². The number of hydrogen-bond acceptors (Lipinski definition) is 19. The first kappa shape index (κ1) is 76.0. The van der Waals surface area contributed by atoms with Crippen molar-refractivity contribution in [2.75, 3.05) is 58.9 Å². The Balaban J connectivity index is 6.91. The van der Waals surface area contributed by atoms with Crippen LogP contribution in [0.15, 0.2) is 0 Å². The van der Waals surface area contributed by atoms with Gasteiger partial charge in [0.05, 0.1) is 12.1 Å². The largest absolute Gasteiger partial charge is 0.345 e. The maximum absolute atomic E-state index is 14.5. The monoisotopic (exact) mass is 1150 g/mol. The zero-order chi connectivity index (χ0) is 60.6. The minimum Gasteiger partial charge on any atom is -0.345 e. The van der Waals surface area contributed by atoms with Crippen LogP contribution < -0.4 is 99.9 Å². The standard InChI is InChI=1S/C54H110N18O9/c55-28-10-1-19-38(37-73)65-48(75)40(21-3-12-30-57)67-50(77)42(23-5-14-32-59)69-52(79)44(25-7-16-34-61)71-54(81)46(27-9-18-36-63)72-53(80)45(26-8-17-35-62)70-51(78)43(24-6-15-33-60)68-49(76)41(22-4-13-31-58)66-47(74)39(64)20-2-11-29-56/h37-46H,1-36,55-64H2,(H,65,75)(H,66,74)(H,67,77)(H,68,76)(H,69,79)(H,70,78)(H,71,81)(H,72,80)/t38-,39-,40-,41-,42-,43-,44-,45-,46-/m0/s1. The summed E-state index contributed by atoms with van der Waals surface area (Å²) in [5, 5.41) is 22.3. The van der Waals surface area contributed by atoms with Gasteiger partial charge in [-0.15, -0.1) is 0 Å². The number of rotatable bonds is 53. The smallest absolute Gasteiger partial charge is 0.243 e. The molecule has 28 N–H and O–H groups in total. The Morgan fingerprint density at radius 1 is 0.247 bits per heavy atom. The zero-order valence-corrected chi connectivity index (χ0v) is 48.7. The molecule has 0 heterocycles. The molecule has 0 aliphatic heterocycles. The summed E-state index contributed by atoms with van der Waals surface area (Å²) in [6.45, 7) is 3.08. The topological polar surface area (TPSA) is 510 Å². The number of amides is 8. The fraction of sp³-hybridized carbons (Fsp3) is 0.833. The Morgan fingerprint density at radius 2 is 0.420 bits per heavy atom. The molecule has 470 valence electrons. The Hall–Kier alpha value is -4.97. The molecule has 0 bridgehead atoms.